The second-order valence-corrected chi connectivity index (χ2v) is 5.59. The topological polar surface area (TPSA) is 51.4 Å². The van der Waals surface area contributed by atoms with E-state index >= 15 is 0 Å². The van der Waals surface area contributed by atoms with Crippen molar-refractivity contribution in [2.45, 2.75) is 0 Å². The maximum absolute atomic E-state index is 13.3. The molecule has 0 aliphatic carbocycles. The first-order chi connectivity index (χ1) is 11.8. The molecule has 1 aliphatic rings. The van der Waals surface area contributed by atoms with E-state index in [4.69, 9.17) is 9.26 Å². The Labute approximate surface area is 138 Å². The fourth-order valence-corrected chi connectivity index (χ4v) is 2.70. The van der Waals surface area contributed by atoms with Crippen molar-refractivity contribution in [3.8, 4) is 22.5 Å². The van der Waals surface area contributed by atoms with Gasteiger partial charge in [-0.2, -0.15) is 4.98 Å². The molecule has 24 heavy (non-hydrogen) atoms. The molecule has 1 aliphatic heterocycles. The lowest BCUT2D eigenvalue weighted by Crippen LogP contribution is -2.36. The van der Waals surface area contributed by atoms with Crippen molar-refractivity contribution in [3.63, 3.8) is 0 Å². The molecule has 6 heteroatoms. The highest BCUT2D eigenvalue weighted by molar-refractivity contribution is 5.67. The number of nitrogens with zero attached hydrogens (tertiary/aromatic N) is 3. The van der Waals surface area contributed by atoms with Crippen LogP contribution in [0.4, 0.5) is 10.4 Å². The standard InChI is InChI=1S/C18H16FN3O2/c19-16-3-1-2-15(12-16)13-4-6-14(7-5-13)17-20-18(24-21-17)22-8-10-23-11-9-22/h1-7,12H,8-11H2. The average molecular weight is 325 g/mol. The van der Waals surface area contributed by atoms with Crippen LogP contribution in [-0.2, 0) is 4.74 Å². The van der Waals surface area contributed by atoms with E-state index < -0.39 is 0 Å². The Kier molecular flexibility index (Phi) is 3.96. The molecule has 0 N–H and O–H groups in total. The van der Waals surface area contributed by atoms with Gasteiger partial charge < -0.3 is 14.2 Å². The van der Waals surface area contributed by atoms with Gasteiger partial charge in [-0.3, -0.25) is 0 Å². The lowest BCUT2D eigenvalue weighted by atomic mass is 10.0. The summed E-state index contributed by atoms with van der Waals surface area (Å²) in [6.45, 7) is 2.83. The number of hydrogen-bond acceptors (Lipinski definition) is 5. The van der Waals surface area contributed by atoms with Gasteiger partial charge in [-0.15, -0.1) is 0 Å². The lowest BCUT2D eigenvalue weighted by molar-refractivity contribution is 0.119. The second-order valence-electron chi connectivity index (χ2n) is 5.59. The molecule has 1 aromatic heterocycles. The number of halogens is 1. The van der Waals surface area contributed by atoms with Crippen molar-refractivity contribution in [2.75, 3.05) is 31.2 Å². The highest BCUT2D eigenvalue weighted by atomic mass is 19.1. The molecule has 4 rings (SSSR count). The van der Waals surface area contributed by atoms with E-state index in [1.165, 1.54) is 12.1 Å². The summed E-state index contributed by atoms with van der Waals surface area (Å²) in [5.74, 6) is 0.298. The van der Waals surface area contributed by atoms with Crippen molar-refractivity contribution in [3.05, 3.63) is 54.3 Å². The van der Waals surface area contributed by atoms with Gasteiger partial charge in [-0.05, 0) is 23.3 Å². The van der Waals surface area contributed by atoms with E-state index in [-0.39, 0.29) is 5.82 Å². The lowest BCUT2D eigenvalue weighted by Gasteiger charge is -2.24. The van der Waals surface area contributed by atoms with Gasteiger partial charge in [0.1, 0.15) is 5.82 Å². The van der Waals surface area contributed by atoms with Crippen LogP contribution in [0.15, 0.2) is 53.1 Å². The third-order valence-electron chi connectivity index (χ3n) is 4.00. The normalized spacial score (nSPS) is 14.8. The summed E-state index contributed by atoms with van der Waals surface area (Å²) in [5.41, 5.74) is 2.64. The summed E-state index contributed by atoms with van der Waals surface area (Å²) in [6, 6.07) is 14.7. The summed E-state index contributed by atoms with van der Waals surface area (Å²) in [6.07, 6.45) is 0. The van der Waals surface area contributed by atoms with Crippen LogP contribution in [0.2, 0.25) is 0 Å². The number of anilines is 1. The Morgan fingerprint density at radius 2 is 1.67 bits per heavy atom. The average Bonchev–Trinajstić information content (AvgIpc) is 3.13. The van der Waals surface area contributed by atoms with Crippen molar-refractivity contribution >= 4 is 6.01 Å². The first-order valence-electron chi connectivity index (χ1n) is 7.82. The monoisotopic (exact) mass is 325 g/mol. The molecule has 3 aromatic rings. The molecule has 0 amide bonds. The number of hydrogen-bond donors (Lipinski definition) is 0. The Morgan fingerprint density at radius 3 is 2.42 bits per heavy atom. The fraction of sp³-hybridized carbons (Fsp3) is 0.222. The predicted octanol–water partition coefficient (Wildman–Crippen LogP) is 3.38. The Morgan fingerprint density at radius 1 is 0.917 bits per heavy atom. The number of aromatic nitrogens is 2. The molecule has 0 radical (unpaired) electrons. The van der Waals surface area contributed by atoms with Crippen LogP contribution in [0.25, 0.3) is 22.5 Å². The van der Waals surface area contributed by atoms with Gasteiger partial charge in [0.2, 0.25) is 5.82 Å². The molecule has 122 valence electrons. The maximum Gasteiger partial charge on any atom is 0.324 e. The molecule has 2 aromatic carbocycles. The third kappa shape index (κ3) is 3.00. The molecule has 2 heterocycles. The fourth-order valence-electron chi connectivity index (χ4n) is 2.70. The quantitative estimate of drug-likeness (QED) is 0.739. The minimum atomic E-state index is -0.245. The molecule has 0 saturated carbocycles. The number of benzene rings is 2. The van der Waals surface area contributed by atoms with Crippen molar-refractivity contribution in [1.29, 1.82) is 0 Å². The minimum Gasteiger partial charge on any atom is -0.378 e. The smallest absolute Gasteiger partial charge is 0.324 e. The molecule has 0 bridgehead atoms. The van der Waals surface area contributed by atoms with Crippen LogP contribution in [0.3, 0.4) is 0 Å². The zero-order valence-electron chi connectivity index (χ0n) is 13.0. The number of morpholine rings is 1. The molecular formula is C18H16FN3O2. The zero-order valence-corrected chi connectivity index (χ0v) is 13.0. The van der Waals surface area contributed by atoms with Gasteiger partial charge in [0, 0.05) is 18.7 Å². The van der Waals surface area contributed by atoms with Gasteiger partial charge in [0.05, 0.1) is 13.2 Å². The molecule has 0 unspecified atom stereocenters. The third-order valence-corrected chi connectivity index (χ3v) is 4.00. The molecule has 1 saturated heterocycles. The van der Waals surface area contributed by atoms with Crippen LogP contribution in [0.5, 0.6) is 0 Å². The van der Waals surface area contributed by atoms with E-state index in [9.17, 15) is 4.39 Å². The van der Waals surface area contributed by atoms with Gasteiger partial charge in [0.15, 0.2) is 0 Å². The first kappa shape index (κ1) is 14.8. The van der Waals surface area contributed by atoms with Gasteiger partial charge in [-0.25, -0.2) is 4.39 Å². The van der Waals surface area contributed by atoms with Crippen molar-refractivity contribution in [2.24, 2.45) is 0 Å². The zero-order chi connectivity index (χ0) is 16.4. The van der Waals surface area contributed by atoms with E-state index in [0.29, 0.717) is 25.1 Å². The van der Waals surface area contributed by atoms with Crippen LogP contribution in [0, 0.1) is 5.82 Å². The summed E-state index contributed by atoms with van der Waals surface area (Å²) in [4.78, 5) is 6.47. The second kappa shape index (κ2) is 6.41. The maximum atomic E-state index is 13.3. The minimum absolute atomic E-state index is 0.245. The molecular weight excluding hydrogens is 309 g/mol. The molecule has 0 spiro atoms. The predicted molar refractivity (Wildman–Crippen MR) is 88.2 cm³/mol. The largest absolute Gasteiger partial charge is 0.378 e. The summed E-state index contributed by atoms with van der Waals surface area (Å²) in [7, 11) is 0. The Hall–Kier alpha value is -2.73. The van der Waals surface area contributed by atoms with Gasteiger partial charge in [0.25, 0.3) is 0 Å². The summed E-state index contributed by atoms with van der Waals surface area (Å²) in [5, 5.41) is 4.05. The molecule has 1 fully saturated rings. The van der Waals surface area contributed by atoms with E-state index in [1.807, 2.05) is 35.2 Å². The van der Waals surface area contributed by atoms with Gasteiger partial charge >= 0.3 is 6.01 Å². The van der Waals surface area contributed by atoms with Crippen LogP contribution in [-0.4, -0.2) is 36.4 Å². The highest BCUT2D eigenvalue weighted by Gasteiger charge is 2.18. The summed E-state index contributed by atoms with van der Waals surface area (Å²) < 4.78 is 24.0. The van der Waals surface area contributed by atoms with E-state index in [2.05, 4.69) is 10.1 Å². The van der Waals surface area contributed by atoms with Gasteiger partial charge in [-0.1, -0.05) is 41.6 Å². The SMILES string of the molecule is Fc1cccc(-c2ccc(-c3noc(N4CCOCC4)n3)cc2)c1. The first-order valence-corrected chi connectivity index (χ1v) is 7.82. The van der Waals surface area contributed by atoms with E-state index in [0.717, 1.165) is 29.8 Å². The van der Waals surface area contributed by atoms with Crippen molar-refractivity contribution in [1.82, 2.24) is 10.1 Å². The van der Waals surface area contributed by atoms with Crippen LogP contribution < -0.4 is 4.90 Å². The van der Waals surface area contributed by atoms with E-state index in [1.54, 1.807) is 6.07 Å². The number of ether oxygens (including phenoxy) is 1. The Bertz CT molecular complexity index is 826. The van der Waals surface area contributed by atoms with Crippen LogP contribution >= 0.6 is 0 Å². The Balaban J connectivity index is 1.56. The van der Waals surface area contributed by atoms with Crippen LogP contribution in [0.1, 0.15) is 0 Å². The highest BCUT2D eigenvalue weighted by Crippen LogP contribution is 2.25. The summed E-state index contributed by atoms with van der Waals surface area (Å²) >= 11 is 0. The molecule has 0 atom stereocenters. The molecule has 5 nitrogen and oxygen atoms in total. The number of rotatable bonds is 3. The van der Waals surface area contributed by atoms with Crippen molar-refractivity contribution < 1.29 is 13.7 Å².